The van der Waals surface area contributed by atoms with Gasteiger partial charge in [0.2, 0.25) is 0 Å². The fourth-order valence-corrected chi connectivity index (χ4v) is 9.49. The molecule has 7 aromatic rings. The molecule has 1 nitrogen and oxygen atoms in total. The molecule has 7 aromatic carbocycles. The van der Waals surface area contributed by atoms with Gasteiger partial charge < -0.3 is 4.90 Å². The first-order valence-electron chi connectivity index (χ1n) is 18.5. The number of nitrogens with zero attached hydrogens (tertiary/aromatic N) is 1. The third kappa shape index (κ3) is 4.21. The summed E-state index contributed by atoms with van der Waals surface area (Å²) in [7, 11) is 0. The third-order valence-electron chi connectivity index (χ3n) is 13.7. The molecule has 0 aromatic heterocycles. The number of hydrogen-bond donors (Lipinski definition) is 0. The average molecular weight is 662 g/mol. The molecule has 0 radical (unpaired) electrons. The van der Waals surface area contributed by atoms with Gasteiger partial charge in [0.25, 0.3) is 0 Å². The van der Waals surface area contributed by atoms with Gasteiger partial charge in [-0.15, -0.1) is 0 Å². The summed E-state index contributed by atoms with van der Waals surface area (Å²) >= 11 is 0. The summed E-state index contributed by atoms with van der Waals surface area (Å²) in [6, 6.07) is 52.5. The monoisotopic (exact) mass is 661 g/mol. The molecule has 51 heavy (non-hydrogen) atoms. The molecular weight excluding hydrogens is 615 g/mol. The zero-order valence-electron chi connectivity index (χ0n) is 31.2. The van der Waals surface area contributed by atoms with E-state index < -0.39 is 0 Å². The third-order valence-corrected chi connectivity index (χ3v) is 13.7. The number of para-hydroxylation sites is 1. The topological polar surface area (TPSA) is 3.24 Å². The summed E-state index contributed by atoms with van der Waals surface area (Å²) in [6.07, 6.45) is 0. The van der Waals surface area contributed by atoms with Crippen LogP contribution in [0.3, 0.4) is 0 Å². The maximum Gasteiger partial charge on any atom is 0.0549 e. The first-order valence-corrected chi connectivity index (χ1v) is 18.5. The van der Waals surface area contributed by atoms with Gasteiger partial charge in [-0.1, -0.05) is 165 Å². The number of rotatable bonds is 3. The Bertz CT molecular complexity index is 2530. The molecule has 0 saturated carbocycles. The number of anilines is 3. The van der Waals surface area contributed by atoms with Gasteiger partial charge in [0, 0.05) is 22.4 Å². The first kappa shape index (κ1) is 31.8. The lowest BCUT2D eigenvalue weighted by atomic mass is 9.54. The van der Waals surface area contributed by atoms with E-state index in [1.54, 1.807) is 0 Å². The second-order valence-corrected chi connectivity index (χ2v) is 17.0. The highest BCUT2D eigenvalue weighted by Gasteiger charge is 2.49. The highest BCUT2D eigenvalue weighted by Crippen LogP contribution is 2.61. The van der Waals surface area contributed by atoms with Crippen molar-refractivity contribution in [3.63, 3.8) is 0 Å². The van der Waals surface area contributed by atoms with Gasteiger partial charge in [0.15, 0.2) is 0 Å². The number of benzene rings is 7. The van der Waals surface area contributed by atoms with E-state index in [0.29, 0.717) is 0 Å². The Labute approximate surface area is 303 Å². The lowest BCUT2D eigenvalue weighted by Gasteiger charge is -2.50. The predicted octanol–water partition coefficient (Wildman–Crippen LogP) is 13.9. The number of fused-ring (bicyclic) bond motifs is 10. The van der Waals surface area contributed by atoms with Crippen molar-refractivity contribution >= 4 is 38.6 Å². The number of hydrogen-bond acceptors (Lipinski definition) is 1. The van der Waals surface area contributed by atoms with Crippen LogP contribution in [0.2, 0.25) is 0 Å². The van der Waals surface area contributed by atoms with Crippen LogP contribution in [0.1, 0.15) is 77.6 Å². The molecule has 0 N–H and O–H groups in total. The van der Waals surface area contributed by atoms with Crippen molar-refractivity contribution in [2.75, 3.05) is 4.90 Å². The lowest BCUT2D eigenvalue weighted by molar-refractivity contribution is 0.299. The summed E-state index contributed by atoms with van der Waals surface area (Å²) in [5.74, 6) is 0. The summed E-state index contributed by atoms with van der Waals surface area (Å²) in [6.45, 7) is 19.5. The molecular formula is C50H47N. The van der Waals surface area contributed by atoms with E-state index in [1.807, 2.05) is 0 Å². The van der Waals surface area contributed by atoms with Gasteiger partial charge in [0.05, 0.1) is 5.69 Å². The zero-order chi connectivity index (χ0) is 35.5. The Kier molecular flexibility index (Phi) is 6.67. The fourth-order valence-electron chi connectivity index (χ4n) is 9.49. The van der Waals surface area contributed by atoms with Gasteiger partial charge >= 0.3 is 0 Å². The van der Waals surface area contributed by atoms with Crippen molar-refractivity contribution in [3.8, 4) is 22.3 Å². The minimum atomic E-state index is -0.178. The molecule has 0 heterocycles. The Morgan fingerprint density at radius 3 is 1.69 bits per heavy atom. The van der Waals surface area contributed by atoms with Crippen LogP contribution in [-0.2, 0) is 21.7 Å². The molecule has 2 aliphatic rings. The quantitative estimate of drug-likeness (QED) is 0.170. The molecule has 0 amide bonds. The largest absolute Gasteiger partial charge is 0.310 e. The van der Waals surface area contributed by atoms with Crippen LogP contribution in [0.4, 0.5) is 17.1 Å². The molecule has 0 atom stereocenters. The van der Waals surface area contributed by atoms with Gasteiger partial charge in [-0.3, -0.25) is 0 Å². The smallest absolute Gasteiger partial charge is 0.0549 e. The van der Waals surface area contributed by atoms with Gasteiger partial charge in [-0.05, 0) is 107 Å². The van der Waals surface area contributed by atoms with Gasteiger partial charge in [-0.2, -0.15) is 0 Å². The second-order valence-electron chi connectivity index (χ2n) is 17.0. The van der Waals surface area contributed by atoms with E-state index in [9.17, 15) is 0 Å². The van der Waals surface area contributed by atoms with E-state index >= 15 is 0 Å². The SMILES string of the molecule is CC1(C)c2ccccc2-c2ccc(N(c3ccccc3)c3cc4ccc5ccccc5c4c4c3-c3ccccc3C(C)(C)C4(C)C)cc2C1(C)C. The summed E-state index contributed by atoms with van der Waals surface area (Å²) in [5, 5.41) is 5.26. The lowest BCUT2D eigenvalue weighted by Crippen LogP contribution is -2.44. The maximum atomic E-state index is 2.54. The molecule has 0 spiro atoms. The van der Waals surface area contributed by atoms with Crippen LogP contribution in [0, 0.1) is 0 Å². The van der Waals surface area contributed by atoms with Gasteiger partial charge in [-0.25, -0.2) is 0 Å². The molecule has 0 bridgehead atoms. The summed E-state index contributed by atoms with van der Waals surface area (Å²) in [4.78, 5) is 2.54. The van der Waals surface area contributed by atoms with Crippen LogP contribution < -0.4 is 4.90 Å². The Hall–Kier alpha value is -5.14. The molecule has 9 rings (SSSR count). The van der Waals surface area contributed by atoms with Crippen molar-refractivity contribution in [2.45, 2.75) is 77.0 Å². The van der Waals surface area contributed by atoms with Gasteiger partial charge in [0.1, 0.15) is 0 Å². The van der Waals surface area contributed by atoms with Crippen LogP contribution in [0.15, 0.2) is 140 Å². The highest BCUT2D eigenvalue weighted by atomic mass is 15.1. The molecule has 252 valence electrons. The standard InChI is InChI=1S/C50H47N/c1-47(2)40-24-16-14-22-37(40)38-29-28-35(31-42(38)49(47,5)6)51(34-19-10-9-11-20-34)43-30-33-27-26-32-18-12-13-21-36(32)44(33)46-45(43)39-23-15-17-25-41(39)48(3,4)50(46,7)8/h9-31H,1-8H3. The fraction of sp³-hybridized carbons (Fsp3) is 0.240. The van der Waals surface area contributed by atoms with Crippen molar-refractivity contribution in [1.29, 1.82) is 0 Å². The molecule has 0 unspecified atom stereocenters. The molecule has 2 aliphatic carbocycles. The van der Waals surface area contributed by atoms with Crippen molar-refractivity contribution in [2.24, 2.45) is 0 Å². The molecule has 0 fully saturated rings. The van der Waals surface area contributed by atoms with Crippen molar-refractivity contribution < 1.29 is 0 Å². The van der Waals surface area contributed by atoms with Crippen LogP contribution in [-0.4, -0.2) is 0 Å². The maximum absolute atomic E-state index is 2.54. The van der Waals surface area contributed by atoms with Crippen LogP contribution in [0.5, 0.6) is 0 Å². The van der Waals surface area contributed by atoms with Crippen molar-refractivity contribution in [3.05, 3.63) is 162 Å². The van der Waals surface area contributed by atoms with E-state index in [2.05, 4.69) is 200 Å². The summed E-state index contributed by atoms with van der Waals surface area (Å²) in [5.41, 5.74) is 14.2. The Balaban J connectivity index is 1.42. The molecule has 1 heteroatoms. The first-order chi connectivity index (χ1) is 24.4. The van der Waals surface area contributed by atoms with E-state index in [1.165, 1.54) is 77.4 Å². The predicted molar refractivity (Wildman–Crippen MR) is 219 cm³/mol. The highest BCUT2D eigenvalue weighted by molar-refractivity contribution is 6.15. The molecule has 0 saturated heterocycles. The Morgan fingerprint density at radius 2 is 0.941 bits per heavy atom. The van der Waals surface area contributed by atoms with E-state index in [0.717, 1.165) is 5.69 Å². The van der Waals surface area contributed by atoms with Crippen LogP contribution >= 0.6 is 0 Å². The normalized spacial score (nSPS) is 17.3. The zero-order valence-corrected chi connectivity index (χ0v) is 31.2. The van der Waals surface area contributed by atoms with E-state index in [-0.39, 0.29) is 21.7 Å². The van der Waals surface area contributed by atoms with Crippen molar-refractivity contribution in [1.82, 2.24) is 0 Å². The second kappa shape index (κ2) is 10.7. The average Bonchev–Trinajstić information content (AvgIpc) is 3.13. The molecule has 0 aliphatic heterocycles. The summed E-state index contributed by atoms with van der Waals surface area (Å²) < 4.78 is 0. The van der Waals surface area contributed by atoms with Crippen LogP contribution in [0.25, 0.3) is 43.8 Å². The minimum absolute atomic E-state index is 0.0511. The Morgan fingerprint density at radius 1 is 0.392 bits per heavy atom. The minimum Gasteiger partial charge on any atom is -0.310 e. The van der Waals surface area contributed by atoms with E-state index in [4.69, 9.17) is 0 Å².